The van der Waals surface area contributed by atoms with Crippen molar-refractivity contribution in [2.45, 2.75) is 43.5 Å². The van der Waals surface area contributed by atoms with Crippen LogP contribution < -0.4 is 5.73 Å². The standard InChI is InChI=1S/C14H18ClNO/c15-14(16)13(17)12-8-4-7-11(9-12)10-5-2-1-3-6-10/h4,7-10,14H,1-3,5-6,16H2. The Kier molecular flexibility index (Phi) is 4.19. The molecule has 92 valence electrons. The van der Waals surface area contributed by atoms with Gasteiger partial charge in [-0.1, -0.05) is 49.1 Å². The number of hydrogen-bond acceptors (Lipinski definition) is 2. The average molecular weight is 252 g/mol. The summed E-state index contributed by atoms with van der Waals surface area (Å²) in [5.74, 6) is 0.410. The zero-order chi connectivity index (χ0) is 12.3. The number of carbonyl (C=O) groups is 1. The SMILES string of the molecule is NC(Cl)C(=O)c1cccc(C2CCCCC2)c1. The zero-order valence-electron chi connectivity index (χ0n) is 9.86. The molecule has 1 aromatic rings. The van der Waals surface area contributed by atoms with Gasteiger partial charge >= 0.3 is 0 Å². The third-order valence-electron chi connectivity index (χ3n) is 3.50. The van der Waals surface area contributed by atoms with Gasteiger partial charge in [0.15, 0.2) is 5.78 Å². The Morgan fingerprint density at radius 3 is 2.65 bits per heavy atom. The van der Waals surface area contributed by atoms with Crippen LogP contribution in [-0.2, 0) is 0 Å². The number of halogens is 1. The summed E-state index contributed by atoms with van der Waals surface area (Å²) < 4.78 is 0. The summed E-state index contributed by atoms with van der Waals surface area (Å²) >= 11 is 5.63. The number of ketones is 1. The lowest BCUT2D eigenvalue weighted by Crippen LogP contribution is -2.24. The highest BCUT2D eigenvalue weighted by Crippen LogP contribution is 2.32. The van der Waals surface area contributed by atoms with Crippen LogP contribution in [0.2, 0.25) is 0 Å². The maximum absolute atomic E-state index is 11.7. The van der Waals surface area contributed by atoms with E-state index in [1.807, 2.05) is 12.1 Å². The van der Waals surface area contributed by atoms with E-state index in [1.165, 1.54) is 37.7 Å². The minimum Gasteiger partial charge on any atom is -0.309 e. The van der Waals surface area contributed by atoms with E-state index >= 15 is 0 Å². The van der Waals surface area contributed by atoms with Crippen LogP contribution in [0.15, 0.2) is 24.3 Å². The quantitative estimate of drug-likeness (QED) is 0.508. The molecule has 0 bridgehead atoms. The molecule has 0 aromatic heterocycles. The average Bonchev–Trinajstić information content (AvgIpc) is 2.39. The second kappa shape index (κ2) is 5.65. The molecular formula is C14H18ClNO. The summed E-state index contributed by atoms with van der Waals surface area (Å²) in [5, 5.41) is 0. The van der Waals surface area contributed by atoms with Gasteiger partial charge in [0.25, 0.3) is 0 Å². The molecule has 0 heterocycles. The fourth-order valence-electron chi connectivity index (χ4n) is 2.54. The van der Waals surface area contributed by atoms with Crippen molar-refractivity contribution in [2.75, 3.05) is 0 Å². The van der Waals surface area contributed by atoms with Crippen molar-refractivity contribution in [3.05, 3.63) is 35.4 Å². The van der Waals surface area contributed by atoms with Crippen LogP contribution in [0.5, 0.6) is 0 Å². The molecule has 1 aliphatic rings. The van der Waals surface area contributed by atoms with Gasteiger partial charge in [0, 0.05) is 5.56 Å². The van der Waals surface area contributed by atoms with E-state index < -0.39 is 5.50 Å². The van der Waals surface area contributed by atoms with Gasteiger partial charge in [0.1, 0.15) is 5.50 Å². The third-order valence-corrected chi connectivity index (χ3v) is 3.70. The smallest absolute Gasteiger partial charge is 0.194 e. The Bertz CT molecular complexity index is 397. The summed E-state index contributed by atoms with van der Waals surface area (Å²) in [7, 11) is 0. The first-order valence-corrected chi connectivity index (χ1v) is 6.66. The van der Waals surface area contributed by atoms with Crippen molar-refractivity contribution in [1.29, 1.82) is 0 Å². The van der Waals surface area contributed by atoms with Crippen LogP contribution in [0.1, 0.15) is 53.9 Å². The lowest BCUT2D eigenvalue weighted by Gasteiger charge is -2.22. The lowest BCUT2D eigenvalue weighted by atomic mass is 9.83. The molecule has 17 heavy (non-hydrogen) atoms. The topological polar surface area (TPSA) is 43.1 Å². The predicted molar refractivity (Wildman–Crippen MR) is 70.4 cm³/mol. The van der Waals surface area contributed by atoms with Gasteiger partial charge in [0.2, 0.25) is 0 Å². The van der Waals surface area contributed by atoms with E-state index in [0.29, 0.717) is 11.5 Å². The number of benzene rings is 1. The van der Waals surface area contributed by atoms with Gasteiger partial charge in [-0.3, -0.25) is 4.79 Å². The number of nitrogens with two attached hydrogens (primary N) is 1. The number of rotatable bonds is 3. The number of hydrogen-bond donors (Lipinski definition) is 1. The first-order valence-electron chi connectivity index (χ1n) is 6.22. The normalized spacial score (nSPS) is 18.9. The second-order valence-electron chi connectivity index (χ2n) is 4.73. The van der Waals surface area contributed by atoms with Crippen LogP contribution in [-0.4, -0.2) is 11.3 Å². The highest BCUT2D eigenvalue weighted by Gasteiger charge is 2.18. The maximum atomic E-state index is 11.7. The predicted octanol–water partition coefficient (Wildman–Crippen LogP) is 3.44. The number of carbonyl (C=O) groups excluding carboxylic acids is 1. The maximum Gasteiger partial charge on any atom is 0.194 e. The van der Waals surface area contributed by atoms with Crippen molar-refractivity contribution in [3.63, 3.8) is 0 Å². The molecule has 1 fully saturated rings. The number of Topliss-reactive ketones (excluding diaryl/α,β-unsaturated/α-hetero) is 1. The summed E-state index contributed by atoms with van der Waals surface area (Å²) in [6.45, 7) is 0. The summed E-state index contributed by atoms with van der Waals surface area (Å²) in [5.41, 5.74) is 6.37. The van der Waals surface area contributed by atoms with Crippen molar-refractivity contribution >= 4 is 17.4 Å². The summed E-state index contributed by atoms with van der Waals surface area (Å²) in [4.78, 5) is 11.7. The van der Waals surface area contributed by atoms with E-state index in [4.69, 9.17) is 17.3 Å². The van der Waals surface area contributed by atoms with Gasteiger partial charge < -0.3 is 5.73 Å². The highest BCUT2D eigenvalue weighted by atomic mass is 35.5. The van der Waals surface area contributed by atoms with Gasteiger partial charge in [-0.2, -0.15) is 0 Å². The van der Waals surface area contributed by atoms with E-state index in [9.17, 15) is 4.79 Å². The minimum atomic E-state index is -0.934. The first-order chi connectivity index (χ1) is 8.18. The van der Waals surface area contributed by atoms with Crippen molar-refractivity contribution in [2.24, 2.45) is 5.73 Å². The molecule has 2 nitrogen and oxygen atoms in total. The van der Waals surface area contributed by atoms with E-state index in [0.717, 1.165) is 0 Å². The van der Waals surface area contributed by atoms with Crippen molar-refractivity contribution in [1.82, 2.24) is 0 Å². The Labute approximate surface area is 107 Å². The molecular weight excluding hydrogens is 234 g/mol. The van der Waals surface area contributed by atoms with Crippen LogP contribution in [0, 0.1) is 0 Å². The Balaban J connectivity index is 2.18. The van der Waals surface area contributed by atoms with Crippen LogP contribution in [0.3, 0.4) is 0 Å². The van der Waals surface area contributed by atoms with Crippen LogP contribution in [0.4, 0.5) is 0 Å². The third kappa shape index (κ3) is 3.08. The van der Waals surface area contributed by atoms with Gasteiger partial charge in [-0.05, 0) is 30.4 Å². The molecule has 1 aliphatic carbocycles. The molecule has 0 spiro atoms. The van der Waals surface area contributed by atoms with Gasteiger partial charge in [0.05, 0.1) is 0 Å². The lowest BCUT2D eigenvalue weighted by molar-refractivity contribution is 0.0988. The molecule has 0 radical (unpaired) electrons. The van der Waals surface area contributed by atoms with E-state index in [1.54, 1.807) is 6.07 Å². The fraction of sp³-hybridized carbons (Fsp3) is 0.500. The second-order valence-corrected chi connectivity index (χ2v) is 5.20. The molecule has 1 saturated carbocycles. The molecule has 3 heteroatoms. The van der Waals surface area contributed by atoms with E-state index in [2.05, 4.69) is 6.07 Å². The largest absolute Gasteiger partial charge is 0.309 e. The molecule has 1 aromatic carbocycles. The minimum absolute atomic E-state index is 0.190. The molecule has 2 rings (SSSR count). The fourth-order valence-corrected chi connectivity index (χ4v) is 2.67. The molecule has 2 N–H and O–H groups in total. The first kappa shape index (κ1) is 12.6. The van der Waals surface area contributed by atoms with Crippen molar-refractivity contribution in [3.8, 4) is 0 Å². The molecule has 1 unspecified atom stereocenters. The molecule has 0 aliphatic heterocycles. The molecule has 0 amide bonds. The molecule has 0 saturated heterocycles. The number of alkyl halides is 1. The van der Waals surface area contributed by atoms with E-state index in [-0.39, 0.29) is 5.78 Å². The Hall–Kier alpha value is -0.860. The Morgan fingerprint density at radius 2 is 2.00 bits per heavy atom. The molecule has 1 atom stereocenters. The zero-order valence-corrected chi connectivity index (χ0v) is 10.6. The van der Waals surface area contributed by atoms with Crippen LogP contribution in [0.25, 0.3) is 0 Å². The van der Waals surface area contributed by atoms with Crippen molar-refractivity contribution < 1.29 is 4.79 Å². The highest BCUT2D eigenvalue weighted by molar-refractivity contribution is 6.33. The van der Waals surface area contributed by atoms with Gasteiger partial charge in [-0.25, -0.2) is 0 Å². The summed E-state index contributed by atoms with van der Waals surface area (Å²) in [6, 6.07) is 7.78. The van der Waals surface area contributed by atoms with Gasteiger partial charge in [-0.15, -0.1) is 0 Å². The monoisotopic (exact) mass is 251 g/mol. The summed E-state index contributed by atoms with van der Waals surface area (Å²) in [6.07, 6.45) is 6.37. The Morgan fingerprint density at radius 1 is 1.29 bits per heavy atom. The van der Waals surface area contributed by atoms with Crippen LogP contribution >= 0.6 is 11.6 Å².